The number of benzene rings is 9. The zero-order valence-electron chi connectivity index (χ0n) is 30.7. The second-order valence-electron chi connectivity index (χ2n) is 14.6. The van der Waals surface area contributed by atoms with Crippen molar-refractivity contribution in [3.05, 3.63) is 218 Å². The Kier molecular flexibility index (Phi) is 7.53. The van der Waals surface area contributed by atoms with Gasteiger partial charge in [0.25, 0.3) is 0 Å². The second kappa shape index (κ2) is 13.2. The number of anilines is 3. The Morgan fingerprint density at radius 3 is 1.02 bits per heavy atom. The smallest absolute Gasteiger partial charge is 0.0620 e. The molecule has 2 aromatic heterocycles. The van der Waals surface area contributed by atoms with Crippen molar-refractivity contribution in [2.75, 3.05) is 4.90 Å². The molecule has 56 heavy (non-hydrogen) atoms. The predicted octanol–water partition coefficient (Wildman–Crippen LogP) is 15.0. The summed E-state index contributed by atoms with van der Waals surface area (Å²) < 4.78 is 2.44. The van der Waals surface area contributed by atoms with Gasteiger partial charge in [-0.05, 0) is 105 Å². The summed E-state index contributed by atoms with van der Waals surface area (Å²) in [6.07, 6.45) is 0. The van der Waals surface area contributed by atoms with Gasteiger partial charge >= 0.3 is 0 Å². The molecule has 0 atom stereocenters. The maximum absolute atomic E-state index is 2.44. The number of fused-ring (bicyclic) bond motifs is 6. The molecule has 0 saturated heterocycles. The lowest BCUT2D eigenvalue weighted by molar-refractivity contribution is 1.28. The largest absolute Gasteiger partial charge is 0.311 e. The van der Waals surface area contributed by atoms with E-state index in [-0.39, 0.29) is 0 Å². The lowest BCUT2D eigenvalue weighted by Gasteiger charge is -2.26. The minimum atomic E-state index is 1.11. The minimum absolute atomic E-state index is 1.11. The molecule has 0 aliphatic carbocycles. The lowest BCUT2D eigenvalue weighted by Crippen LogP contribution is -2.09. The van der Waals surface area contributed by atoms with Crippen LogP contribution in [0.5, 0.6) is 0 Å². The topological polar surface area (TPSA) is 7.65 Å². The first kappa shape index (κ1) is 32.0. The van der Waals surface area contributed by atoms with Crippen molar-refractivity contribution in [2.45, 2.75) is 0 Å². The van der Waals surface area contributed by atoms with Gasteiger partial charge in [0, 0.05) is 38.6 Å². The van der Waals surface area contributed by atoms with E-state index in [9.17, 15) is 0 Å². The van der Waals surface area contributed by atoms with E-state index in [1.807, 2.05) is 0 Å². The molecule has 2 heterocycles. The number of nitrogens with zero attached hydrogens (tertiary/aromatic N) is 2. The first-order chi connectivity index (χ1) is 27.8. The first-order valence-corrected chi connectivity index (χ1v) is 19.3. The van der Waals surface area contributed by atoms with Gasteiger partial charge in [0.1, 0.15) is 0 Å². The number of rotatable bonds is 7. The van der Waals surface area contributed by atoms with Gasteiger partial charge in [0.2, 0.25) is 0 Å². The molecule has 0 amide bonds. The van der Waals surface area contributed by atoms with Crippen molar-refractivity contribution in [3.63, 3.8) is 0 Å². The molecule has 262 valence electrons. The average molecular weight is 713 g/mol. The van der Waals surface area contributed by atoms with Crippen LogP contribution in [0, 0.1) is 0 Å². The van der Waals surface area contributed by atoms with Crippen LogP contribution in [0.1, 0.15) is 0 Å². The molecule has 2 nitrogen and oxygen atoms in total. The van der Waals surface area contributed by atoms with E-state index in [0.29, 0.717) is 0 Å². The van der Waals surface area contributed by atoms with E-state index in [1.165, 1.54) is 82.6 Å². The second-order valence-corrected chi connectivity index (χ2v) is 14.6. The van der Waals surface area contributed by atoms with Crippen LogP contribution in [0.25, 0.3) is 82.6 Å². The van der Waals surface area contributed by atoms with Crippen LogP contribution in [0.15, 0.2) is 218 Å². The molecular weight excluding hydrogens is 677 g/mol. The standard InChI is InChI=1S/C54H36N2/c1-3-11-37(12-4-1)38-19-21-39(22-20-38)41-27-31-46(32-28-41)55(45-13-5-2-6-14-45)47-33-29-42(30-34-47)40-23-25-43(26-24-40)44-35-50-48-15-7-9-17-52(48)56-53-18-10-8-16-49(53)51(36-44)54(50)56/h1-36H. The normalized spacial score (nSPS) is 11.6. The zero-order chi connectivity index (χ0) is 37.0. The summed E-state index contributed by atoms with van der Waals surface area (Å²) in [5.41, 5.74) is 16.9. The molecule has 0 N–H and O–H groups in total. The fourth-order valence-corrected chi connectivity index (χ4v) is 8.59. The van der Waals surface area contributed by atoms with Crippen LogP contribution in [0.3, 0.4) is 0 Å². The molecule has 9 aromatic carbocycles. The fraction of sp³-hybridized carbons (Fsp3) is 0. The van der Waals surface area contributed by atoms with Crippen molar-refractivity contribution in [1.29, 1.82) is 0 Å². The van der Waals surface area contributed by atoms with Crippen LogP contribution < -0.4 is 4.90 Å². The van der Waals surface area contributed by atoms with Crippen LogP contribution in [0.4, 0.5) is 17.1 Å². The van der Waals surface area contributed by atoms with Crippen molar-refractivity contribution in [1.82, 2.24) is 4.40 Å². The summed E-state index contributed by atoms with van der Waals surface area (Å²) in [6, 6.07) is 79.2. The van der Waals surface area contributed by atoms with Crippen LogP contribution in [-0.2, 0) is 0 Å². The Labute approximate surface area is 326 Å². The summed E-state index contributed by atoms with van der Waals surface area (Å²) in [4.78, 5) is 2.32. The van der Waals surface area contributed by atoms with Crippen molar-refractivity contribution >= 4 is 55.2 Å². The maximum Gasteiger partial charge on any atom is 0.0620 e. The molecule has 0 fully saturated rings. The number of para-hydroxylation sites is 3. The third kappa shape index (κ3) is 5.34. The minimum Gasteiger partial charge on any atom is -0.311 e. The molecule has 0 aliphatic rings. The zero-order valence-corrected chi connectivity index (χ0v) is 30.7. The highest BCUT2D eigenvalue weighted by Crippen LogP contribution is 2.42. The van der Waals surface area contributed by atoms with Gasteiger partial charge in [-0.25, -0.2) is 0 Å². The molecule has 0 radical (unpaired) electrons. The number of hydrogen-bond donors (Lipinski definition) is 0. The summed E-state index contributed by atoms with van der Waals surface area (Å²) in [5, 5.41) is 5.20. The summed E-state index contributed by atoms with van der Waals surface area (Å²) >= 11 is 0. The van der Waals surface area contributed by atoms with Crippen molar-refractivity contribution in [2.24, 2.45) is 0 Å². The van der Waals surface area contributed by atoms with Gasteiger partial charge in [-0.1, -0.05) is 158 Å². The average Bonchev–Trinajstić information content (AvgIpc) is 3.80. The van der Waals surface area contributed by atoms with Gasteiger partial charge < -0.3 is 9.30 Å². The Morgan fingerprint density at radius 1 is 0.250 bits per heavy atom. The monoisotopic (exact) mass is 712 g/mol. The van der Waals surface area contributed by atoms with Crippen molar-refractivity contribution in [3.8, 4) is 44.5 Å². The molecular formula is C54H36N2. The molecule has 11 aromatic rings. The van der Waals surface area contributed by atoms with Crippen molar-refractivity contribution < 1.29 is 0 Å². The molecule has 0 bridgehead atoms. The summed E-state index contributed by atoms with van der Waals surface area (Å²) in [7, 11) is 0. The molecule has 0 aliphatic heterocycles. The third-order valence-corrected chi connectivity index (χ3v) is 11.3. The highest BCUT2D eigenvalue weighted by atomic mass is 15.1. The molecule has 11 rings (SSSR count). The van der Waals surface area contributed by atoms with E-state index < -0.39 is 0 Å². The van der Waals surface area contributed by atoms with Gasteiger partial charge in [-0.2, -0.15) is 0 Å². The highest BCUT2D eigenvalue weighted by Gasteiger charge is 2.19. The van der Waals surface area contributed by atoms with Crippen LogP contribution >= 0.6 is 0 Å². The van der Waals surface area contributed by atoms with E-state index in [0.717, 1.165) is 17.1 Å². The summed E-state index contributed by atoms with van der Waals surface area (Å²) in [6.45, 7) is 0. The fourth-order valence-electron chi connectivity index (χ4n) is 8.59. The van der Waals surface area contributed by atoms with Gasteiger partial charge in [-0.3, -0.25) is 0 Å². The van der Waals surface area contributed by atoms with E-state index in [4.69, 9.17) is 0 Å². The number of aromatic nitrogens is 1. The Balaban J connectivity index is 0.894. The Bertz CT molecular complexity index is 3040. The van der Waals surface area contributed by atoms with Gasteiger partial charge in [-0.15, -0.1) is 0 Å². The quantitative estimate of drug-likeness (QED) is 0.160. The Hall–Kier alpha value is -7.42. The predicted molar refractivity (Wildman–Crippen MR) is 238 cm³/mol. The third-order valence-electron chi connectivity index (χ3n) is 11.3. The van der Waals surface area contributed by atoms with E-state index in [2.05, 4.69) is 228 Å². The van der Waals surface area contributed by atoms with Gasteiger partial charge in [0.05, 0.1) is 16.6 Å². The molecule has 2 heteroatoms. The highest BCUT2D eigenvalue weighted by molar-refractivity contribution is 6.24. The van der Waals surface area contributed by atoms with E-state index in [1.54, 1.807) is 0 Å². The SMILES string of the molecule is c1ccc(-c2ccc(-c3ccc(N(c4ccccc4)c4ccc(-c5ccc(-c6cc7c8ccccc8n8c9ccccc9c(c6)c78)cc5)cc4)cc3)cc2)cc1. The summed E-state index contributed by atoms with van der Waals surface area (Å²) in [5.74, 6) is 0. The Morgan fingerprint density at radius 2 is 0.571 bits per heavy atom. The lowest BCUT2D eigenvalue weighted by atomic mass is 9.97. The van der Waals surface area contributed by atoms with Gasteiger partial charge in [0.15, 0.2) is 0 Å². The van der Waals surface area contributed by atoms with Crippen LogP contribution in [0.2, 0.25) is 0 Å². The van der Waals surface area contributed by atoms with Crippen LogP contribution in [-0.4, -0.2) is 4.40 Å². The molecule has 0 saturated carbocycles. The first-order valence-electron chi connectivity index (χ1n) is 19.3. The number of hydrogen-bond acceptors (Lipinski definition) is 1. The van der Waals surface area contributed by atoms with E-state index >= 15 is 0 Å². The molecule has 0 unspecified atom stereocenters. The molecule has 0 spiro atoms. The maximum atomic E-state index is 2.44.